The topological polar surface area (TPSA) is 111 Å². The first-order chi connectivity index (χ1) is 19.8. The number of aryl methyl sites for hydroxylation is 2. The van der Waals surface area contributed by atoms with Crippen LogP contribution in [0.25, 0.3) is 11.3 Å². The van der Waals surface area contributed by atoms with Crippen molar-refractivity contribution in [3.63, 3.8) is 0 Å². The molecule has 1 amide bonds. The number of rotatable bonds is 3. The maximum Gasteiger partial charge on any atom is 0.264 e. The lowest BCUT2D eigenvalue weighted by Gasteiger charge is -2.40. The quantitative estimate of drug-likeness (QED) is 0.389. The highest BCUT2D eigenvalue weighted by molar-refractivity contribution is 7.92. The van der Waals surface area contributed by atoms with Crippen LogP contribution in [0.2, 0.25) is 0 Å². The third kappa shape index (κ3) is 5.53. The second-order valence-corrected chi connectivity index (χ2v) is 12.0. The van der Waals surface area contributed by atoms with E-state index in [1.54, 1.807) is 23.1 Å². The average Bonchev–Trinajstić information content (AvgIpc) is 2.96. The molecule has 0 saturated carbocycles. The summed E-state index contributed by atoms with van der Waals surface area (Å²) in [5.74, 6) is -0.211. The monoisotopic (exact) mass is 570 g/mol. The minimum absolute atomic E-state index is 0.0585. The minimum atomic E-state index is -4.12. The molecule has 4 aromatic rings. The number of anilines is 1. The van der Waals surface area contributed by atoms with Crippen LogP contribution in [0.3, 0.4) is 0 Å². The Kier molecular flexibility index (Phi) is 7.19. The van der Waals surface area contributed by atoms with Gasteiger partial charge in [0.1, 0.15) is 6.10 Å². The van der Waals surface area contributed by atoms with Gasteiger partial charge in [-0.3, -0.25) is 4.79 Å². The molecule has 6 rings (SSSR count). The van der Waals surface area contributed by atoms with E-state index in [-0.39, 0.29) is 34.8 Å². The van der Waals surface area contributed by atoms with Gasteiger partial charge in [0.25, 0.3) is 15.9 Å². The highest BCUT2D eigenvalue weighted by Gasteiger charge is 2.37. The molecule has 9 nitrogen and oxygen atoms in total. The van der Waals surface area contributed by atoms with Gasteiger partial charge in [0, 0.05) is 30.2 Å². The molecule has 1 N–H and O–H groups in total. The van der Waals surface area contributed by atoms with E-state index in [0.717, 1.165) is 22.3 Å². The Bertz CT molecular complexity index is 1690. The van der Waals surface area contributed by atoms with Gasteiger partial charge < -0.3 is 14.4 Å². The number of carbonyl (C=O) groups is 1. The second-order valence-electron chi connectivity index (χ2n) is 10.3. The van der Waals surface area contributed by atoms with Crippen LogP contribution in [-0.4, -0.2) is 61.1 Å². The fourth-order valence-corrected chi connectivity index (χ4v) is 6.45. The largest absolute Gasteiger partial charge is 0.472 e. The number of carbonyl (C=O) groups excluding carboxylic acids is 1. The Morgan fingerprint density at radius 2 is 1.71 bits per heavy atom. The number of fused-ring (bicyclic) bond motifs is 5. The molecule has 10 heteroatoms. The average molecular weight is 571 g/mol. The second kappa shape index (κ2) is 10.9. The van der Waals surface area contributed by atoms with Crippen molar-refractivity contribution in [3.8, 4) is 17.1 Å². The van der Waals surface area contributed by atoms with Gasteiger partial charge in [0.15, 0.2) is 0 Å². The van der Waals surface area contributed by atoms with Crippen LogP contribution in [0, 0.1) is 13.8 Å². The summed E-state index contributed by atoms with van der Waals surface area (Å²) in [4.78, 5) is 24.6. The summed E-state index contributed by atoms with van der Waals surface area (Å²) in [6.45, 7) is 4.93. The zero-order valence-electron chi connectivity index (χ0n) is 22.8. The zero-order valence-corrected chi connectivity index (χ0v) is 23.6. The maximum absolute atomic E-state index is 13.8. The van der Waals surface area contributed by atoms with Crippen LogP contribution in [0.1, 0.15) is 27.0 Å². The molecule has 3 aromatic carbocycles. The minimum Gasteiger partial charge on any atom is -0.472 e. The van der Waals surface area contributed by atoms with E-state index < -0.39 is 22.2 Å². The number of morpholine rings is 1. The third-order valence-corrected chi connectivity index (χ3v) is 8.79. The first-order valence-electron chi connectivity index (χ1n) is 13.5. The molecule has 0 radical (unpaired) electrons. The summed E-state index contributed by atoms with van der Waals surface area (Å²) in [7, 11) is -4.12. The van der Waals surface area contributed by atoms with Gasteiger partial charge in [-0.05, 0) is 48.7 Å². The van der Waals surface area contributed by atoms with Crippen LogP contribution in [0.15, 0.2) is 83.8 Å². The lowest BCUT2D eigenvalue weighted by molar-refractivity contribution is -0.0400. The molecule has 210 valence electrons. The molecule has 0 aliphatic carbocycles. The Morgan fingerprint density at radius 1 is 0.951 bits per heavy atom. The summed E-state index contributed by atoms with van der Waals surface area (Å²) in [6, 6.07) is 23.1. The number of sulfonamides is 1. The van der Waals surface area contributed by atoms with E-state index in [0.29, 0.717) is 25.3 Å². The van der Waals surface area contributed by atoms with E-state index in [1.807, 2.05) is 62.4 Å². The predicted molar refractivity (Wildman–Crippen MR) is 154 cm³/mol. The molecule has 0 unspecified atom stereocenters. The molecule has 1 saturated heterocycles. The Hall–Kier alpha value is -4.28. The normalized spacial score (nSPS) is 20.0. The van der Waals surface area contributed by atoms with Crippen molar-refractivity contribution >= 4 is 21.9 Å². The lowest BCUT2D eigenvalue weighted by Crippen LogP contribution is -2.56. The number of nitrogens with one attached hydrogen (secondary N) is 1. The fraction of sp³-hybridized carbons (Fsp3) is 0.258. The highest BCUT2D eigenvalue weighted by atomic mass is 32.2. The van der Waals surface area contributed by atoms with Gasteiger partial charge in [0.05, 0.1) is 29.8 Å². The van der Waals surface area contributed by atoms with Gasteiger partial charge in [-0.2, -0.15) is 4.98 Å². The summed E-state index contributed by atoms with van der Waals surface area (Å²) < 4.78 is 41.9. The van der Waals surface area contributed by atoms with Crippen molar-refractivity contribution < 1.29 is 22.7 Å². The van der Waals surface area contributed by atoms with Crippen molar-refractivity contribution in [2.75, 3.05) is 24.5 Å². The molecule has 4 bridgehead atoms. The molecule has 1 aromatic heterocycles. The van der Waals surface area contributed by atoms with Crippen molar-refractivity contribution in [1.82, 2.24) is 14.9 Å². The molecular formula is C31H30N4O5S. The predicted octanol–water partition coefficient (Wildman–Crippen LogP) is 4.41. The summed E-state index contributed by atoms with van der Waals surface area (Å²) in [5.41, 5.74) is 4.63. The van der Waals surface area contributed by atoms with Crippen LogP contribution in [0.5, 0.6) is 5.88 Å². The van der Waals surface area contributed by atoms with Crippen LogP contribution < -0.4 is 9.46 Å². The van der Waals surface area contributed by atoms with E-state index in [4.69, 9.17) is 9.47 Å². The number of nitrogens with zero attached hydrogens (tertiary/aromatic N) is 3. The Morgan fingerprint density at radius 3 is 2.49 bits per heavy atom. The third-order valence-electron chi connectivity index (χ3n) is 7.46. The highest BCUT2D eigenvalue weighted by Crippen LogP contribution is 2.31. The number of ether oxygens (including phenoxy) is 2. The molecule has 2 aliphatic heterocycles. The van der Waals surface area contributed by atoms with Gasteiger partial charge in [-0.25, -0.2) is 18.1 Å². The fourth-order valence-electron chi connectivity index (χ4n) is 5.46. The molecule has 2 aliphatic rings. The molecule has 2 atom stereocenters. The molecular weight excluding hydrogens is 540 g/mol. The number of hydrogen-bond acceptors (Lipinski definition) is 7. The van der Waals surface area contributed by atoms with Gasteiger partial charge >= 0.3 is 0 Å². The van der Waals surface area contributed by atoms with Crippen molar-refractivity contribution in [2.45, 2.75) is 37.3 Å². The van der Waals surface area contributed by atoms with E-state index in [9.17, 15) is 13.2 Å². The number of aromatic nitrogens is 2. The SMILES string of the molecule is Cc1cccc(C)c1-c1cc2nc(n1)NS(=O)(=O)c1cccc(c1)C(=O)N1CCOC[C@@H]1[C@@H](Cc1ccccc1)O2. The first kappa shape index (κ1) is 26.9. The Labute approximate surface area is 239 Å². The number of benzene rings is 3. The van der Waals surface area contributed by atoms with Crippen LogP contribution in [-0.2, 0) is 21.2 Å². The van der Waals surface area contributed by atoms with Crippen molar-refractivity contribution in [3.05, 3.63) is 101 Å². The smallest absolute Gasteiger partial charge is 0.264 e. The van der Waals surface area contributed by atoms with E-state index in [2.05, 4.69) is 14.7 Å². The number of hydrogen-bond donors (Lipinski definition) is 1. The molecule has 41 heavy (non-hydrogen) atoms. The van der Waals surface area contributed by atoms with E-state index in [1.165, 1.54) is 12.1 Å². The summed E-state index contributed by atoms with van der Waals surface area (Å²) in [5, 5.41) is 0. The Balaban J connectivity index is 1.55. The van der Waals surface area contributed by atoms with Crippen molar-refractivity contribution in [1.29, 1.82) is 0 Å². The van der Waals surface area contributed by atoms with Gasteiger partial charge in [-0.15, -0.1) is 0 Å². The standard InChI is InChI=1S/C31H30N4O5S/c1-20-8-6-9-21(2)29(20)25-18-28-33-31(32-25)34-41(37,38)24-13-7-12-23(17-24)30(36)35-14-15-39-19-26(35)27(40-28)16-22-10-4-3-5-11-22/h3-13,17-18,26-27H,14-16,19H2,1-2H3,(H,32,33,34)/t26-,27-/m1/s1. The zero-order chi connectivity index (χ0) is 28.6. The summed E-state index contributed by atoms with van der Waals surface area (Å²) in [6.07, 6.45) is -0.0709. The van der Waals surface area contributed by atoms with Gasteiger partial charge in [-0.1, -0.05) is 54.6 Å². The van der Waals surface area contributed by atoms with Crippen molar-refractivity contribution in [2.24, 2.45) is 0 Å². The molecule has 1 fully saturated rings. The molecule has 0 spiro atoms. The number of amides is 1. The first-order valence-corrected chi connectivity index (χ1v) is 14.9. The lowest BCUT2D eigenvalue weighted by atomic mass is 9.99. The van der Waals surface area contributed by atoms with Crippen LogP contribution >= 0.6 is 0 Å². The van der Waals surface area contributed by atoms with E-state index >= 15 is 0 Å². The molecule has 3 heterocycles. The van der Waals surface area contributed by atoms with Crippen LogP contribution in [0.4, 0.5) is 5.95 Å². The van der Waals surface area contributed by atoms with Gasteiger partial charge in [0.2, 0.25) is 11.8 Å². The maximum atomic E-state index is 13.8. The summed E-state index contributed by atoms with van der Waals surface area (Å²) >= 11 is 0.